The van der Waals surface area contributed by atoms with Crippen LogP contribution in [0.3, 0.4) is 0 Å². The topological polar surface area (TPSA) is 33.1 Å². The van der Waals surface area contributed by atoms with Gasteiger partial charge in [-0.15, -0.1) is 12.4 Å². The molecule has 1 N–H and O–H groups in total. The highest BCUT2D eigenvalue weighted by Gasteiger charge is 1.98. The van der Waals surface area contributed by atoms with Crippen LogP contribution in [0.4, 0.5) is 4.39 Å². The van der Waals surface area contributed by atoms with Gasteiger partial charge in [-0.1, -0.05) is 11.6 Å². The van der Waals surface area contributed by atoms with E-state index < -0.39 is 5.82 Å². The van der Waals surface area contributed by atoms with Crippen LogP contribution in [0, 0.1) is 5.82 Å². The summed E-state index contributed by atoms with van der Waals surface area (Å²) >= 11 is 5.25. The van der Waals surface area contributed by atoms with Crippen molar-refractivity contribution in [2.45, 2.75) is 0 Å². The van der Waals surface area contributed by atoms with Crippen LogP contribution in [0.5, 0.6) is 5.75 Å². The molecule has 2 nitrogen and oxygen atoms in total. The molecule has 0 fully saturated rings. The van der Waals surface area contributed by atoms with E-state index in [9.17, 15) is 4.39 Å². The third-order valence-electron chi connectivity index (χ3n) is 0.787. The smallest absolute Gasteiger partial charge is 0.171 e. The van der Waals surface area contributed by atoms with Gasteiger partial charge in [0, 0.05) is 6.07 Å². The molecule has 56 valence electrons. The van der Waals surface area contributed by atoms with Gasteiger partial charge < -0.3 is 5.11 Å². The first-order valence-electron chi connectivity index (χ1n) is 2.20. The van der Waals surface area contributed by atoms with Gasteiger partial charge in [-0.25, -0.2) is 9.37 Å². The molecule has 0 aromatic carbocycles. The van der Waals surface area contributed by atoms with Crippen molar-refractivity contribution in [3.05, 3.63) is 23.2 Å². The Labute approximate surface area is 68.1 Å². The summed E-state index contributed by atoms with van der Waals surface area (Å²) < 4.78 is 12.1. The van der Waals surface area contributed by atoms with Crippen molar-refractivity contribution in [2.24, 2.45) is 0 Å². The molecule has 0 aliphatic rings. The second kappa shape index (κ2) is 3.58. The van der Waals surface area contributed by atoms with Gasteiger partial charge in [0.05, 0.1) is 6.20 Å². The Bertz CT molecular complexity index is 231. The average Bonchev–Trinajstić information content (AvgIpc) is 1.80. The van der Waals surface area contributed by atoms with Crippen molar-refractivity contribution < 1.29 is 9.50 Å². The minimum atomic E-state index is -0.600. The molecular weight excluding hydrogens is 180 g/mol. The number of halogens is 3. The summed E-state index contributed by atoms with van der Waals surface area (Å²) in [5.41, 5.74) is 0. The second-order valence-corrected chi connectivity index (χ2v) is 1.82. The Morgan fingerprint density at radius 1 is 1.60 bits per heavy atom. The van der Waals surface area contributed by atoms with Gasteiger partial charge in [-0.05, 0) is 0 Å². The lowest BCUT2D eigenvalue weighted by molar-refractivity contribution is 0.465. The number of rotatable bonds is 0. The van der Waals surface area contributed by atoms with Crippen LogP contribution in [0.2, 0.25) is 5.15 Å². The summed E-state index contributed by atoms with van der Waals surface area (Å²) in [7, 11) is 0. The Morgan fingerprint density at radius 2 is 2.20 bits per heavy atom. The molecule has 0 aliphatic carbocycles. The fourth-order valence-corrected chi connectivity index (χ4v) is 0.515. The van der Waals surface area contributed by atoms with Gasteiger partial charge in [0.25, 0.3) is 0 Å². The van der Waals surface area contributed by atoms with E-state index in [-0.39, 0.29) is 23.3 Å². The molecule has 10 heavy (non-hydrogen) atoms. The molecule has 0 atom stereocenters. The molecule has 0 amide bonds. The first-order valence-corrected chi connectivity index (χ1v) is 2.58. The largest absolute Gasteiger partial charge is 0.505 e. The summed E-state index contributed by atoms with van der Waals surface area (Å²) in [5.74, 6) is -0.937. The molecule has 1 aromatic heterocycles. The summed E-state index contributed by atoms with van der Waals surface area (Å²) in [5, 5.41) is 8.58. The zero-order valence-corrected chi connectivity index (χ0v) is 6.29. The van der Waals surface area contributed by atoms with E-state index in [0.29, 0.717) is 0 Å². The molecule has 5 heteroatoms. The monoisotopic (exact) mass is 183 g/mol. The van der Waals surface area contributed by atoms with Gasteiger partial charge >= 0.3 is 0 Å². The molecular formula is C5H4Cl2FNO. The third kappa shape index (κ3) is 2.01. The number of aromatic hydroxyl groups is 1. The number of nitrogens with zero attached hydrogens (tertiary/aromatic N) is 1. The fraction of sp³-hybridized carbons (Fsp3) is 0. The molecule has 0 saturated heterocycles. The van der Waals surface area contributed by atoms with Crippen molar-refractivity contribution in [3.8, 4) is 5.75 Å². The summed E-state index contributed by atoms with van der Waals surface area (Å²) in [6, 6.07) is 0.898. The van der Waals surface area contributed by atoms with E-state index in [4.69, 9.17) is 16.7 Å². The maximum absolute atomic E-state index is 12.1. The van der Waals surface area contributed by atoms with Crippen LogP contribution in [-0.2, 0) is 0 Å². The SMILES string of the molecule is Cl.Oc1cc(F)cnc1Cl. The molecule has 0 bridgehead atoms. The number of hydrogen-bond donors (Lipinski definition) is 1. The number of aromatic nitrogens is 1. The normalized spacial score (nSPS) is 8.60. The zero-order chi connectivity index (χ0) is 6.85. The summed E-state index contributed by atoms with van der Waals surface area (Å²) in [6.45, 7) is 0. The molecule has 1 rings (SSSR count). The predicted octanol–water partition coefficient (Wildman–Crippen LogP) is 2.00. The molecule has 0 radical (unpaired) electrons. The fourth-order valence-electron chi connectivity index (χ4n) is 0.412. The van der Waals surface area contributed by atoms with Crippen LogP contribution in [0.1, 0.15) is 0 Å². The van der Waals surface area contributed by atoms with E-state index in [2.05, 4.69) is 4.98 Å². The van der Waals surface area contributed by atoms with E-state index in [0.717, 1.165) is 12.3 Å². The minimum Gasteiger partial charge on any atom is -0.505 e. The Kier molecular flexibility index (Phi) is 3.39. The maximum atomic E-state index is 12.1. The second-order valence-electron chi connectivity index (χ2n) is 1.46. The highest BCUT2D eigenvalue weighted by molar-refractivity contribution is 6.30. The lowest BCUT2D eigenvalue weighted by atomic mass is 10.4. The van der Waals surface area contributed by atoms with Gasteiger partial charge in [0.2, 0.25) is 0 Å². The minimum absolute atomic E-state index is 0. The molecule has 0 aliphatic heterocycles. The molecule has 0 spiro atoms. The Morgan fingerprint density at radius 3 is 2.60 bits per heavy atom. The summed E-state index contributed by atoms with van der Waals surface area (Å²) in [6.07, 6.45) is 0.933. The lowest BCUT2D eigenvalue weighted by Gasteiger charge is -1.91. The first-order chi connectivity index (χ1) is 4.20. The van der Waals surface area contributed by atoms with Crippen molar-refractivity contribution in [1.29, 1.82) is 0 Å². The van der Waals surface area contributed by atoms with Crippen LogP contribution in [-0.4, -0.2) is 10.1 Å². The lowest BCUT2D eigenvalue weighted by Crippen LogP contribution is -1.78. The standard InChI is InChI=1S/C5H3ClFNO.ClH/c6-5-4(9)1-3(7)2-8-5;/h1-2,9H;1H. The zero-order valence-electron chi connectivity index (χ0n) is 4.71. The quantitative estimate of drug-likeness (QED) is 0.625. The molecule has 0 unspecified atom stereocenters. The molecule has 0 saturated carbocycles. The molecule has 1 aromatic rings. The van der Waals surface area contributed by atoms with Gasteiger partial charge in [0.15, 0.2) is 10.9 Å². The predicted molar refractivity (Wildman–Crippen MR) is 38.1 cm³/mol. The average molecular weight is 184 g/mol. The van der Waals surface area contributed by atoms with Crippen molar-refractivity contribution >= 4 is 24.0 Å². The summed E-state index contributed by atoms with van der Waals surface area (Å²) in [4.78, 5) is 3.32. The van der Waals surface area contributed by atoms with Crippen molar-refractivity contribution in [2.75, 3.05) is 0 Å². The van der Waals surface area contributed by atoms with Gasteiger partial charge in [0.1, 0.15) is 5.82 Å². The molecule has 1 heterocycles. The highest BCUT2D eigenvalue weighted by Crippen LogP contribution is 2.19. The third-order valence-corrected chi connectivity index (χ3v) is 1.08. The van der Waals surface area contributed by atoms with Crippen molar-refractivity contribution in [1.82, 2.24) is 4.98 Å². The van der Waals surface area contributed by atoms with E-state index >= 15 is 0 Å². The van der Waals surface area contributed by atoms with Crippen LogP contribution in [0.25, 0.3) is 0 Å². The number of pyridine rings is 1. The number of hydrogen-bond acceptors (Lipinski definition) is 2. The maximum Gasteiger partial charge on any atom is 0.171 e. The van der Waals surface area contributed by atoms with E-state index in [1.54, 1.807) is 0 Å². The van der Waals surface area contributed by atoms with Gasteiger partial charge in [-0.3, -0.25) is 0 Å². The van der Waals surface area contributed by atoms with Gasteiger partial charge in [-0.2, -0.15) is 0 Å². The highest BCUT2D eigenvalue weighted by atomic mass is 35.5. The van der Waals surface area contributed by atoms with Crippen LogP contribution in [0.15, 0.2) is 12.3 Å². The Hall–Kier alpha value is -0.540. The van der Waals surface area contributed by atoms with E-state index in [1.807, 2.05) is 0 Å². The van der Waals surface area contributed by atoms with Crippen LogP contribution >= 0.6 is 24.0 Å². The Balaban J connectivity index is 0.000000810. The van der Waals surface area contributed by atoms with Crippen LogP contribution < -0.4 is 0 Å². The van der Waals surface area contributed by atoms with Crippen molar-refractivity contribution in [3.63, 3.8) is 0 Å². The van der Waals surface area contributed by atoms with E-state index in [1.165, 1.54) is 0 Å². The first kappa shape index (κ1) is 9.46.